The van der Waals surface area contributed by atoms with Crippen molar-refractivity contribution in [1.82, 2.24) is 0 Å². The van der Waals surface area contributed by atoms with Gasteiger partial charge in [-0.2, -0.15) is 0 Å². The lowest BCUT2D eigenvalue weighted by Crippen LogP contribution is -3.28. The minimum atomic E-state index is -0.514. The van der Waals surface area contributed by atoms with Gasteiger partial charge in [-0.1, -0.05) is 11.6 Å². The zero-order chi connectivity index (χ0) is 19.2. The van der Waals surface area contributed by atoms with Crippen LogP contribution in [0.1, 0.15) is 5.56 Å². The number of nitrogens with one attached hydrogen (secondary N) is 3. The van der Waals surface area contributed by atoms with Gasteiger partial charge in [0.15, 0.2) is 6.54 Å². The first-order chi connectivity index (χ1) is 13.0. The van der Waals surface area contributed by atoms with E-state index in [4.69, 9.17) is 16.3 Å². The van der Waals surface area contributed by atoms with Gasteiger partial charge in [-0.3, -0.25) is 4.79 Å². The Kier molecular flexibility index (Phi) is 6.66. The van der Waals surface area contributed by atoms with Crippen molar-refractivity contribution in [2.75, 3.05) is 45.2 Å². The zero-order valence-corrected chi connectivity index (χ0v) is 16.1. The number of carbonyl (C=O) groups excluding carboxylic acids is 1. The number of hydrogen-bond donors (Lipinski definition) is 3. The lowest BCUT2D eigenvalue weighted by Gasteiger charge is -2.29. The Labute approximate surface area is 163 Å². The lowest BCUT2D eigenvalue weighted by molar-refractivity contribution is -1.02. The van der Waals surface area contributed by atoms with E-state index in [1.807, 2.05) is 12.1 Å². The summed E-state index contributed by atoms with van der Waals surface area (Å²) in [5, 5.41) is 2.95. The summed E-state index contributed by atoms with van der Waals surface area (Å²) < 4.78 is 19.0. The van der Waals surface area contributed by atoms with Crippen molar-refractivity contribution >= 4 is 23.2 Å². The van der Waals surface area contributed by atoms with Crippen molar-refractivity contribution in [3.05, 3.63) is 58.9 Å². The van der Waals surface area contributed by atoms with Crippen molar-refractivity contribution in [3.8, 4) is 5.75 Å². The van der Waals surface area contributed by atoms with Gasteiger partial charge in [0.1, 0.15) is 44.3 Å². The molecule has 2 aromatic rings. The molecule has 0 unspecified atom stereocenters. The molecule has 0 spiro atoms. The van der Waals surface area contributed by atoms with Crippen LogP contribution in [0.3, 0.4) is 0 Å². The molecule has 3 N–H and O–H groups in total. The maximum absolute atomic E-state index is 13.8. The summed E-state index contributed by atoms with van der Waals surface area (Å²) in [5.41, 5.74) is 1.46. The van der Waals surface area contributed by atoms with Gasteiger partial charge in [-0.15, -0.1) is 0 Å². The van der Waals surface area contributed by atoms with Crippen LogP contribution in [0.5, 0.6) is 5.75 Å². The second-order valence-electron chi connectivity index (χ2n) is 6.87. The molecular weight excluding hydrogens is 369 g/mol. The molecule has 2 aromatic carbocycles. The first-order valence-electron chi connectivity index (χ1n) is 9.08. The number of hydrogen-bond acceptors (Lipinski definition) is 2. The Balaban J connectivity index is 1.44. The second-order valence-corrected chi connectivity index (χ2v) is 7.31. The van der Waals surface area contributed by atoms with E-state index >= 15 is 0 Å². The first-order valence-corrected chi connectivity index (χ1v) is 9.46. The topological polar surface area (TPSA) is 47.2 Å². The van der Waals surface area contributed by atoms with Crippen LogP contribution in [0.4, 0.5) is 10.1 Å². The van der Waals surface area contributed by atoms with Crippen molar-refractivity contribution in [3.63, 3.8) is 0 Å². The number of amides is 1. The number of halogens is 2. The average Bonchev–Trinajstić information content (AvgIpc) is 2.66. The Morgan fingerprint density at radius 2 is 1.78 bits per heavy atom. The van der Waals surface area contributed by atoms with Crippen LogP contribution in [0.2, 0.25) is 5.02 Å². The van der Waals surface area contributed by atoms with Gasteiger partial charge >= 0.3 is 0 Å². The molecule has 1 saturated heterocycles. The predicted molar refractivity (Wildman–Crippen MR) is 103 cm³/mol. The van der Waals surface area contributed by atoms with E-state index in [1.165, 1.54) is 27.5 Å². The number of methoxy groups -OCH3 is 1. The smallest absolute Gasteiger partial charge is 0.279 e. The molecule has 1 heterocycles. The summed E-state index contributed by atoms with van der Waals surface area (Å²) >= 11 is 5.73. The van der Waals surface area contributed by atoms with E-state index < -0.39 is 5.82 Å². The highest BCUT2D eigenvalue weighted by atomic mass is 35.5. The number of piperazine rings is 1. The Bertz CT molecular complexity index is 777. The molecule has 1 fully saturated rings. The van der Waals surface area contributed by atoms with Crippen LogP contribution in [0.15, 0.2) is 42.5 Å². The molecular formula is C20H25ClFN3O2+2. The highest BCUT2D eigenvalue weighted by Gasteiger charge is 2.25. The Morgan fingerprint density at radius 3 is 2.41 bits per heavy atom. The molecule has 144 valence electrons. The lowest BCUT2D eigenvalue weighted by atomic mass is 10.2. The third-order valence-corrected chi connectivity index (χ3v) is 5.13. The van der Waals surface area contributed by atoms with Crippen LogP contribution in [0.25, 0.3) is 0 Å². The fourth-order valence-corrected chi connectivity index (χ4v) is 3.51. The van der Waals surface area contributed by atoms with Crippen LogP contribution >= 0.6 is 11.6 Å². The molecule has 27 heavy (non-hydrogen) atoms. The minimum Gasteiger partial charge on any atom is -0.497 e. The van der Waals surface area contributed by atoms with Crippen LogP contribution in [0, 0.1) is 5.82 Å². The summed E-state index contributed by atoms with van der Waals surface area (Å²) in [6.45, 7) is 5.16. The highest BCUT2D eigenvalue weighted by molar-refractivity contribution is 6.30. The van der Waals surface area contributed by atoms with Crippen molar-refractivity contribution in [1.29, 1.82) is 0 Å². The largest absolute Gasteiger partial charge is 0.497 e. The molecule has 7 heteroatoms. The predicted octanol–water partition coefficient (Wildman–Crippen LogP) is 0.410. The second kappa shape index (κ2) is 9.17. The van der Waals surface area contributed by atoms with E-state index in [2.05, 4.69) is 17.4 Å². The number of quaternary nitrogens is 2. The molecule has 0 radical (unpaired) electrons. The summed E-state index contributed by atoms with van der Waals surface area (Å²) in [7, 11) is 1.67. The fourth-order valence-electron chi connectivity index (χ4n) is 3.36. The van der Waals surface area contributed by atoms with Crippen LogP contribution in [-0.2, 0) is 11.3 Å². The van der Waals surface area contributed by atoms with E-state index in [0.717, 1.165) is 38.5 Å². The summed E-state index contributed by atoms with van der Waals surface area (Å²) in [6, 6.07) is 12.4. The first kappa shape index (κ1) is 19.6. The van der Waals surface area contributed by atoms with E-state index in [-0.39, 0.29) is 11.6 Å². The zero-order valence-electron chi connectivity index (χ0n) is 15.4. The SMILES string of the molecule is COc1ccc(C[NH+]2CC[NH+](CC(=O)Nc3ccc(Cl)cc3F)CC2)cc1. The summed E-state index contributed by atoms with van der Waals surface area (Å²) in [5.74, 6) is 0.176. The number of ether oxygens (including phenoxy) is 1. The standard InChI is InChI=1S/C20H23ClFN3O2/c1-27-17-5-2-15(3-6-17)13-24-8-10-25(11-9-24)14-20(26)23-19-7-4-16(21)12-18(19)22/h2-7,12H,8-11,13-14H2,1H3,(H,23,26)/p+2. The molecule has 1 amide bonds. The molecule has 5 nitrogen and oxygen atoms in total. The molecule has 0 aromatic heterocycles. The molecule has 0 atom stereocenters. The van der Waals surface area contributed by atoms with Gasteiger partial charge in [0.05, 0.1) is 12.8 Å². The van der Waals surface area contributed by atoms with Gasteiger partial charge in [-0.05, 0) is 42.5 Å². The van der Waals surface area contributed by atoms with E-state index in [1.54, 1.807) is 13.2 Å². The van der Waals surface area contributed by atoms with E-state index in [9.17, 15) is 9.18 Å². The number of benzene rings is 2. The van der Waals surface area contributed by atoms with E-state index in [0.29, 0.717) is 11.6 Å². The van der Waals surface area contributed by atoms with Crippen LogP contribution in [-0.4, -0.2) is 45.7 Å². The van der Waals surface area contributed by atoms with Gasteiger partial charge in [0.2, 0.25) is 0 Å². The monoisotopic (exact) mass is 393 g/mol. The van der Waals surface area contributed by atoms with Crippen molar-refractivity contribution in [2.45, 2.75) is 6.54 Å². The molecule has 1 aliphatic rings. The maximum Gasteiger partial charge on any atom is 0.279 e. The van der Waals surface area contributed by atoms with Crippen LogP contribution < -0.4 is 19.9 Å². The number of anilines is 1. The minimum absolute atomic E-state index is 0.174. The van der Waals surface area contributed by atoms with Crippen molar-refractivity contribution in [2.24, 2.45) is 0 Å². The summed E-state index contributed by atoms with van der Waals surface area (Å²) in [6.07, 6.45) is 0. The molecule has 1 aliphatic heterocycles. The maximum atomic E-state index is 13.8. The molecule has 3 rings (SSSR count). The number of rotatable bonds is 6. The van der Waals surface area contributed by atoms with Crippen molar-refractivity contribution < 1.29 is 23.7 Å². The third-order valence-electron chi connectivity index (χ3n) is 4.89. The Morgan fingerprint density at radius 1 is 1.11 bits per heavy atom. The average molecular weight is 394 g/mol. The summed E-state index contributed by atoms with van der Waals surface area (Å²) in [4.78, 5) is 14.9. The molecule has 0 aliphatic carbocycles. The number of carbonyl (C=O) groups is 1. The third kappa shape index (κ3) is 5.66. The van der Waals surface area contributed by atoms with Gasteiger partial charge < -0.3 is 19.9 Å². The molecule has 0 bridgehead atoms. The highest BCUT2D eigenvalue weighted by Crippen LogP contribution is 2.18. The van der Waals surface area contributed by atoms with Gasteiger partial charge in [-0.25, -0.2) is 4.39 Å². The van der Waals surface area contributed by atoms with Gasteiger partial charge in [0.25, 0.3) is 5.91 Å². The Hall–Kier alpha value is -2.15. The van der Waals surface area contributed by atoms with Gasteiger partial charge in [0, 0.05) is 10.6 Å². The fraction of sp³-hybridized carbons (Fsp3) is 0.350. The molecule has 0 saturated carbocycles. The quantitative estimate of drug-likeness (QED) is 0.666. The normalized spacial score (nSPS) is 19.5.